The maximum Gasteiger partial charge on any atom is 0.338 e. The summed E-state index contributed by atoms with van der Waals surface area (Å²) in [4.78, 5) is 16.8. The number of likely N-dealkylation sites (N-methyl/N-ethyl adjacent to an activating group) is 1. The number of carbonyl (C=O) groups is 1. The average molecular weight is 334 g/mol. The van der Waals surface area contributed by atoms with Gasteiger partial charge in [0.25, 0.3) is 0 Å². The molecule has 1 unspecified atom stereocenters. The summed E-state index contributed by atoms with van der Waals surface area (Å²) in [5.41, 5.74) is 1.74. The number of nitrogens with zero attached hydrogens (tertiary/aromatic N) is 2. The highest BCUT2D eigenvalue weighted by Crippen LogP contribution is 2.18. The summed E-state index contributed by atoms with van der Waals surface area (Å²) in [6.45, 7) is 13.7. The Balaban J connectivity index is 1.98. The van der Waals surface area contributed by atoms with Crippen LogP contribution in [0, 0.1) is 0 Å². The lowest BCUT2D eigenvalue weighted by Crippen LogP contribution is -2.47. The van der Waals surface area contributed by atoms with Crippen LogP contribution in [0.3, 0.4) is 0 Å². The summed E-state index contributed by atoms with van der Waals surface area (Å²) in [6.07, 6.45) is -0.0984. The lowest BCUT2D eigenvalue weighted by Gasteiger charge is -2.36. The van der Waals surface area contributed by atoms with Crippen LogP contribution in [0.25, 0.3) is 0 Å². The Labute approximate surface area is 145 Å². The third-order valence-electron chi connectivity index (χ3n) is 4.35. The number of benzene rings is 1. The van der Waals surface area contributed by atoms with Gasteiger partial charge in [0.05, 0.1) is 24.9 Å². The maximum absolute atomic E-state index is 11.9. The van der Waals surface area contributed by atoms with E-state index >= 15 is 0 Å². The van der Waals surface area contributed by atoms with Crippen molar-refractivity contribution in [1.29, 1.82) is 0 Å². The molecule has 0 radical (unpaired) electrons. The van der Waals surface area contributed by atoms with E-state index in [0.717, 1.165) is 45.1 Å². The van der Waals surface area contributed by atoms with Gasteiger partial charge in [0.1, 0.15) is 0 Å². The molecule has 2 rings (SSSR count). The minimum Gasteiger partial charge on any atom is -0.459 e. The molecule has 0 saturated carbocycles. The van der Waals surface area contributed by atoms with Gasteiger partial charge in [-0.3, -0.25) is 4.90 Å². The standard InChI is InChI=1S/C19H30N2O3/c1-5-20(14-16(4)21-10-12-23-13-11-21)18-8-6-17(7-9-18)19(22)24-15(2)3/h6-9,15-16H,5,10-14H2,1-4H3. The highest BCUT2D eigenvalue weighted by molar-refractivity contribution is 5.89. The molecule has 5 nitrogen and oxygen atoms in total. The van der Waals surface area contributed by atoms with Crippen LogP contribution < -0.4 is 4.90 Å². The molecule has 1 saturated heterocycles. The van der Waals surface area contributed by atoms with Gasteiger partial charge in [0.2, 0.25) is 0 Å². The van der Waals surface area contributed by atoms with Crippen molar-refractivity contribution in [2.45, 2.75) is 39.8 Å². The number of hydrogen-bond donors (Lipinski definition) is 0. The molecule has 1 aromatic rings. The first-order valence-corrected chi connectivity index (χ1v) is 8.89. The number of hydrogen-bond acceptors (Lipinski definition) is 5. The Morgan fingerprint density at radius 1 is 1.21 bits per heavy atom. The number of carbonyl (C=O) groups excluding carboxylic acids is 1. The first kappa shape index (κ1) is 18.7. The van der Waals surface area contributed by atoms with Crippen LogP contribution in [0.15, 0.2) is 24.3 Å². The zero-order valence-corrected chi connectivity index (χ0v) is 15.3. The van der Waals surface area contributed by atoms with Crippen LogP contribution in [-0.4, -0.2) is 62.4 Å². The largest absolute Gasteiger partial charge is 0.459 e. The van der Waals surface area contributed by atoms with Crippen molar-refractivity contribution in [2.24, 2.45) is 0 Å². The van der Waals surface area contributed by atoms with E-state index in [4.69, 9.17) is 9.47 Å². The van der Waals surface area contributed by atoms with Crippen LogP contribution in [0.2, 0.25) is 0 Å². The molecule has 24 heavy (non-hydrogen) atoms. The summed E-state index contributed by atoms with van der Waals surface area (Å²) in [5.74, 6) is -0.263. The molecule has 0 amide bonds. The fraction of sp³-hybridized carbons (Fsp3) is 0.632. The predicted octanol–water partition coefficient (Wildman–Crippen LogP) is 2.80. The lowest BCUT2D eigenvalue weighted by atomic mass is 10.1. The van der Waals surface area contributed by atoms with Crippen molar-refractivity contribution in [3.63, 3.8) is 0 Å². The fourth-order valence-electron chi connectivity index (χ4n) is 2.96. The summed E-state index contributed by atoms with van der Waals surface area (Å²) >= 11 is 0. The van der Waals surface area contributed by atoms with E-state index in [1.54, 1.807) is 0 Å². The molecule has 1 fully saturated rings. The first-order chi connectivity index (χ1) is 11.5. The summed E-state index contributed by atoms with van der Waals surface area (Å²) in [7, 11) is 0. The monoisotopic (exact) mass is 334 g/mol. The van der Waals surface area contributed by atoms with E-state index in [2.05, 4.69) is 23.6 Å². The molecule has 0 bridgehead atoms. The number of esters is 1. The Kier molecular flexibility index (Phi) is 7.06. The molecule has 0 spiro atoms. The van der Waals surface area contributed by atoms with Gasteiger partial charge < -0.3 is 14.4 Å². The Morgan fingerprint density at radius 3 is 2.38 bits per heavy atom. The molecule has 0 aliphatic carbocycles. The van der Waals surface area contributed by atoms with Crippen LogP contribution in [0.4, 0.5) is 5.69 Å². The van der Waals surface area contributed by atoms with Crippen molar-refractivity contribution in [3.05, 3.63) is 29.8 Å². The highest BCUT2D eigenvalue weighted by Gasteiger charge is 2.19. The second-order valence-corrected chi connectivity index (χ2v) is 6.54. The van der Waals surface area contributed by atoms with E-state index in [1.165, 1.54) is 0 Å². The van der Waals surface area contributed by atoms with Crippen molar-refractivity contribution in [1.82, 2.24) is 4.90 Å². The van der Waals surface area contributed by atoms with Gasteiger partial charge in [-0.25, -0.2) is 4.79 Å². The van der Waals surface area contributed by atoms with Gasteiger partial charge in [-0.2, -0.15) is 0 Å². The fourth-order valence-corrected chi connectivity index (χ4v) is 2.96. The SMILES string of the molecule is CCN(CC(C)N1CCOCC1)c1ccc(C(=O)OC(C)C)cc1. The Morgan fingerprint density at radius 2 is 1.83 bits per heavy atom. The van der Waals surface area contributed by atoms with Crippen LogP contribution in [-0.2, 0) is 9.47 Å². The van der Waals surface area contributed by atoms with Gasteiger partial charge in [0.15, 0.2) is 0 Å². The van der Waals surface area contributed by atoms with Crippen LogP contribution >= 0.6 is 0 Å². The van der Waals surface area contributed by atoms with Crippen molar-refractivity contribution in [2.75, 3.05) is 44.3 Å². The van der Waals surface area contributed by atoms with Crippen LogP contribution in [0.1, 0.15) is 38.1 Å². The van der Waals surface area contributed by atoms with E-state index in [0.29, 0.717) is 11.6 Å². The molecular weight excluding hydrogens is 304 g/mol. The molecule has 0 N–H and O–H groups in total. The second-order valence-electron chi connectivity index (χ2n) is 6.54. The smallest absolute Gasteiger partial charge is 0.338 e. The van der Waals surface area contributed by atoms with Crippen molar-refractivity contribution in [3.8, 4) is 0 Å². The van der Waals surface area contributed by atoms with E-state index in [9.17, 15) is 4.79 Å². The normalized spacial score (nSPS) is 16.9. The van der Waals surface area contributed by atoms with E-state index in [-0.39, 0.29) is 12.1 Å². The molecule has 1 heterocycles. The minimum atomic E-state index is -0.263. The molecule has 0 aromatic heterocycles. The molecule has 1 aromatic carbocycles. The molecule has 134 valence electrons. The zero-order chi connectivity index (χ0) is 17.5. The maximum atomic E-state index is 11.9. The number of rotatable bonds is 7. The van der Waals surface area contributed by atoms with Crippen molar-refractivity contribution < 1.29 is 14.3 Å². The Bertz CT molecular complexity index is 510. The average Bonchev–Trinajstić information content (AvgIpc) is 2.60. The van der Waals surface area contributed by atoms with Crippen molar-refractivity contribution >= 4 is 11.7 Å². The molecule has 1 aliphatic rings. The third-order valence-corrected chi connectivity index (χ3v) is 4.35. The van der Waals surface area contributed by atoms with Gasteiger partial charge in [0, 0.05) is 37.9 Å². The van der Waals surface area contributed by atoms with Crippen LogP contribution in [0.5, 0.6) is 0 Å². The Hall–Kier alpha value is -1.59. The summed E-state index contributed by atoms with van der Waals surface area (Å²) in [5, 5.41) is 0. The van der Waals surface area contributed by atoms with E-state index < -0.39 is 0 Å². The first-order valence-electron chi connectivity index (χ1n) is 8.89. The minimum absolute atomic E-state index is 0.0984. The van der Waals surface area contributed by atoms with Gasteiger partial charge in [-0.05, 0) is 52.0 Å². The lowest BCUT2D eigenvalue weighted by molar-refractivity contribution is 0.0216. The van der Waals surface area contributed by atoms with E-state index in [1.807, 2.05) is 38.1 Å². The van der Waals surface area contributed by atoms with Gasteiger partial charge in [-0.15, -0.1) is 0 Å². The number of morpholine rings is 1. The summed E-state index contributed by atoms with van der Waals surface area (Å²) < 4.78 is 10.7. The molecule has 5 heteroatoms. The molecular formula is C19H30N2O3. The molecule has 1 atom stereocenters. The quantitative estimate of drug-likeness (QED) is 0.717. The topological polar surface area (TPSA) is 42.0 Å². The second kappa shape index (κ2) is 9.04. The number of anilines is 1. The highest BCUT2D eigenvalue weighted by atomic mass is 16.5. The van der Waals surface area contributed by atoms with Gasteiger partial charge in [-0.1, -0.05) is 0 Å². The zero-order valence-electron chi connectivity index (χ0n) is 15.3. The van der Waals surface area contributed by atoms with Gasteiger partial charge >= 0.3 is 5.97 Å². The molecule has 1 aliphatic heterocycles. The number of ether oxygens (including phenoxy) is 2. The summed E-state index contributed by atoms with van der Waals surface area (Å²) in [6, 6.07) is 8.18. The predicted molar refractivity (Wildman–Crippen MR) is 96.7 cm³/mol. The third kappa shape index (κ3) is 5.21.